The molecule has 0 unspecified atom stereocenters. The van der Waals surface area contributed by atoms with Gasteiger partial charge < -0.3 is 0 Å². The van der Waals surface area contributed by atoms with Gasteiger partial charge in [-0.3, -0.25) is 0 Å². The monoisotopic (exact) mass is 195 g/mol. The van der Waals surface area contributed by atoms with Gasteiger partial charge in [0.2, 0.25) is 0 Å². The SMILES string of the molecule is CC(C)(I)C#N. The van der Waals surface area contributed by atoms with Gasteiger partial charge in [0.1, 0.15) is 3.42 Å². The summed E-state index contributed by atoms with van der Waals surface area (Å²) in [5.74, 6) is 0. The van der Waals surface area contributed by atoms with Crippen LogP contribution in [0.2, 0.25) is 0 Å². The summed E-state index contributed by atoms with van der Waals surface area (Å²) in [4.78, 5) is 0. The maximum absolute atomic E-state index is 8.15. The van der Waals surface area contributed by atoms with Crippen LogP contribution in [0, 0.1) is 11.3 Å². The zero-order chi connectivity index (χ0) is 5.21. The minimum atomic E-state index is -0.183. The highest BCUT2D eigenvalue weighted by Crippen LogP contribution is 2.13. The summed E-state index contributed by atoms with van der Waals surface area (Å²) >= 11 is 2.08. The van der Waals surface area contributed by atoms with Crippen LogP contribution in [-0.4, -0.2) is 3.42 Å². The minimum Gasteiger partial charge on any atom is -0.197 e. The fourth-order valence-corrected chi connectivity index (χ4v) is 0. The lowest BCUT2D eigenvalue weighted by Crippen LogP contribution is -2.01. The third kappa shape index (κ3) is 4.22. The number of hydrogen-bond acceptors (Lipinski definition) is 1. The van der Waals surface area contributed by atoms with Gasteiger partial charge in [-0.25, -0.2) is 0 Å². The maximum atomic E-state index is 8.15. The third-order valence-electron chi connectivity index (χ3n) is 0.266. The quantitative estimate of drug-likeness (QED) is 0.426. The van der Waals surface area contributed by atoms with Gasteiger partial charge in [-0.15, -0.1) is 0 Å². The molecule has 0 saturated heterocycles. The van der Waals surface area contributed by atoms with Crippen molar-refractivity contribution in [1.82, 2.24) is 0 Å². The molecule has 0 aliphatic rings. The zero-order valence-electron chi connectivity index (χ0n) is 3.83. The Morgan fingerprint density at radius 1 is 1.67 bits per heavy atom. The molecule has 0 rings (SSSR count). The number of halogens is 1. The first-order chi connectivity index (χ1) is 2.56. The van der Waals surface area contributed by atoms with Gasteiger partial charge in [-0.1, -0.05) is 22.6 Å². The molecule has 0 heterocycles. The Morgan fingerprint density at radius 2 is 1.83 bits per heavy atom. The van der Waals surface area contributed by atoms with Crippen molar-refractivity contribution in [3.63, 3.8) is 0 Å². The Balaban J connectivity index is 3.55. The van der Waals surface area contributed by atoms with E-state index in [2.05, 4.69) is 28.7 Å². The predicted octanol–water partition coefficient (Wildman–Crippen LogP) is 1.72. The van der Waals surface area contributed by atoms with Crippen LogP contribution in [0.15, 0.2) is 0 Å². The van der Waals surface area contributed by atoms with Gasteiger partial charge in [0.25, 0.3) is 0 Å². The first-order valence-electron chi connectivity index (χ1n) is 1.66. The molecule has 0 aliphatic carbocycles. The second-order valence-corrected chi connectivity index (χ2v) is 4.28. The molecule has 0 saturated carbocycles. The molecule has 0 aromatic carbocycles. The molecule has 0 amide bonds. The van der Waals surface area contributed by atoms with Gasteiger partial charge in [-0.2, -0.15) is 5.26 Å². The zero-order valence-corrected chi connectivity index (χ0v) is 5.98. The van der Waals surface area contributed by atoms with Crippen LogP contribution in [0.4, 0.5) is 0 Å². The highest BCUT2D eigenvalue weighted by molar-refractivity contribution is 14.1. The smallest absolute Gasteiger partial charge is 0.103 e. The number of alkyl halides is 1. The predicted molar refractivity (Wildman–Crippen MR) is 33.7 cm³/mol. The Labute approximate surface area is 51.5 Å². The van der Waals surface area contributed by atoms with Crippen LogP contribution in [0.1, 0.15) is 13.8 Å². The molecule has 34 valence electrons. The van der Waals surface area contributed by atoms with Crippen molar-refractivity contribution < 1.29 is 0 Å². The van der Waals surface area contributed by atoms with Gasteiger partial charge >= 0.3 is 0 Å². The van der Waals surface area contributed by atoms with Gasteiger partial charge in [0.15, 0.2) is 0 Å². The topological polar surface area (TPSA) is 23.8 Å². The Morgan fingerprint density at radius 3 is 1.83 bits per heavy atom. The molecule has 1 nitrogen and oxygen atoms in total. The molecule has 6 heavy (non-hydrogen) atoms. The summed E-state index contributed by atoms with van der Waals surface area (Å²) in [5.41, 5.74) is 0. The van der Waals surface area contributed by atoms with E-state index in [1.54, 1.807) is 0 Å². The molecule has 0 bridgehead atoms. The van der Waals surface area contributed by atoms with E-state index in [1.165, 1.54) is 0 Å². The lowest BCUT2D eigenvalue weighted by molar-refractivity contribution is 0.959. The number of nitrogens with zero attached hydrogens (tertiary/aromatic N) is 1. The number of hydrogen-bond donors (Lipinski definition) is 0. The van der Waals surface area contributed by atoms with E-state index in [4.69, 9.17) is 5.26 Å². The van der Waals surface area contributed by atoms with Crippen molar-refractivity contribution in [3.8, 4) is 6.07 Å². The molecule has 0 aromatic heterocycles. The van der Waals surface area contributed by atoms with E-state index in [-0.39, 0.29) is 3.42 Å². The first-order valence-corrected chi connectivity index (χ1v) is 2.74. The van der Waals surface area contributed by atoms with Gasteiger partial charge in [0.05, 0.1) is 6.07 Å². The van der Waals surface area contributed by atoms with E-state index in [1.807, 2.05) is 13.8 Å². The van der Waals surface area contributed by atoms with Gasteiger partial charge in [-0.05, 0) is 13.8 Å². The molecule has 2 heteroatoms. The number of rotatable bonds is 0. The van der Waals surface area contributed by atoms with Crippen LogP contribution in [-0.2, 0) is 0 Å². The largest absolute Gasteiger partial charge is 0.197 e. The summed E-state index contributed by atoms with van der Waals surface area (Å²) in [5, 5.41) is 8.15. The second kappa shape index (κ2) is 1.78. The van der Waals surface area contributed by atoms with E-state index in [0.717, 1.165) is 0 Å². The van der Waals surface area contributed by atoms with Crippen molar-refractivity contribution in [1.29, 1.82) is 5.26 Å². The van der Waals surface area contributed by atoms with Crippen molar-refractivity contribution in [2.24, 2.45) is 0 Å². The first kappa shape index (κ1) is 6.22. The van der Waals surface area contributed by atoms with E-state index < -0.39 is 0 Å². The molecular weight excluding hydrogens is 189 g/mol. The van der Waals surface area contributed by atoms with Crippen molar-refractivity contribution in [2.75, 3.05) is 0 Å². The van der Waals surface area contributed by atoms with Crippen molar-refractivity contribution >= 4 is 22.6 Å². The summed E-state index contributed by atoms with van der Waals surface area (Å²) in [7, 11) is 0. The molecule has 0 aromatic rings. The Kier molecular flexibility index (Phi) is 1.85. The van der Waals surface area contributed by atoms with Crippen LogP contribution < -0.4 is 0 Å². The number of nitriles is 1. The summed E-state index contributed by atoms with van der Waals surface area (Å²) in [6.07, 6.45) is 0. The normalized spacial score (nSPS) is 10.3. The average Bonchev–Trinajstić information content (AvgIpc) is 1.35. The lowest BCUT2D eigenvalue weighted by Gasteiger charge is -1.98. The lowest BCUT2D eigenvalue weighted by atomic mass is 10.3. The van der Waals surface area contributed by atoms with Crippen molar-refractivity contribution in [3.05, 3.63) is 0 Å². The summed E-state index contributed by atoms with van der Waals surface area (Å²) in [6, 6.07) is 2.09. The van der Waals surface area contributed by atoms with Crippen LogP contribution in [0.3, 0.4) is 0 Å². The van der Waals surface area contributed by atoms with Crippen LogP contribution in [0.5, 0.6) is 0 Å². The standard InChI is InChI=1S/C4H6IN/c1-4(2,5)3-6/h1-2H3. The Bertz CT molecular complexity index is 74.5. The molecule has 0 fully saturated rings. The molecule has 0 spiro atoms. The Hall–Kier alpha value is 0.220. The highest BCUT2D eigenvalue weighted by atomic mass is 127. The van der Waals surface area contributed by atoms with Gasteiger partial charge in [0, 0.05) is 0 Å². The summed E-state index contributed by atoms with van der Waals surface area (Å²) < 4.78 is -0.183. The molecule has 0 N–H and O–H groups in total. The van der Waals surface area contributed by atoms with Crippen molar-refractivity contribution in [2.45, 2.75) is 17.3 Å². The maximum Gasteiger partial charge on any atom is 0.103 e. The second-order valence-electron chi connectivity index (χ2n) is 1.58. The fourth-order valence-electron chi connectivity index (χ4n) is 0. The fraction of sp³-hybridized carbons (Fsp3) is 0.750. The highest BCUT2D eigenvalue weighted by Gasteiger charge is 2.07. The average molecular weight is 195 g/mol. The van der Waals surface area contributed by atoms with Crippen LogP contribution >= 0.6 is 22.6 Å². The van der Waals surface area contributed by atoms with E-state index in [0.29, 0.717) is 0 Å². The van der Waals surface area contributed by atoms with Crippen LogP contribution in [0.25, 0.3) is 0 Å². The summed E-state index contributed by atoms with van der Waals surface area (Å²) in [6.45, 7) is 3.74. The minimum absolute atomic E-state index is 0.183. The molecule has 0 aliphatic heterocycles. The van der Waals surface area contributed by atoms with E-state index in [9.17, 15) is 0 Å². The molecule has 0 radical (unpaired) electrons. The third-order valence-corrected chi connectivity index (χ3v) is 0.507. The van der Waals surface area contributed by atoms with E-state index >= 15 is 0 Å². The molecule has 0 atom stereocenters. The molecular formula is C4H6IN.